The number of aromatic nitrogens is 1. The Morgan fingerprint density at radius 2 is 1.86 bits per heavy atom. The molecule has 1 aromatic carbocycles. The first-order chi connectivity index (χ1) is 9.95. The third-order valence-electron chi connectivity index (χ3n) is 3.26. The summed E-state index contributed by atoms with van der Waals surface area (Å²) >= 11 is 0. The van der Waals surface area contributed by atoms with Crippen LogP contribution in [0.25, 0.3) is 0 Å². The largest absolute Gasteiger partial charge is 0.325 e. The van der Waals surface area contributed by atoms with Crippen LogP contribution in [0.1, 0.15) is 16.8 Å². The Morgan fingerprint density at radius 3 is 2.48 bits per heavy atom. The van der Waals surface area contributed by atoms with Crippen molar-refractivity contribution in [2.24, 2.45) is 5.73 Å². The van der Waals surface area contributed by atoms with E-state index in [1.165, 1.54) is 10.4 Å². The fourth-order valence-electron chi connectivity index (χ4n) is 2.01. The minimum atomic E-state index is -3.60. The van der Waals surface area contributed by atoms with Crippen molar-refractivity contribution in [2.75, 3.05) is 7.05 Å². The van der Waals surface area contributed by atoms with Crippen molar-refractivity contribution in [1.82, 2.24) is 9.29 Å². The predicted molar refractivity (Wildman–Crippen MR) is 82.0 cm³/mol. The summed E-state index contributed by atoms with van der Waals surface area (Å²) in [6.07, 6.45) is 1.54. The highest BCUT2D eigenvalue weighted by Gasteiger charge is 2.24. The molecule has 2 aromatic rings. The average molecular weight is 305 g/mol. The smallest absolute Gasteiger partial charge is 0.244 e. The van der Waals surface area contributed by atoms with Crippen LogP contribution in [0.5, 0.6) is 0 Å². The summed E-state index contributed by atoms with van der Waals surface area (Å²) in [6, 6.07) is 10.9. The van der Waals surface area contributed by atoms with E-state index in [2.05, 4.69) is 4.98 Å². The summed E-state index contributed by atoms with van der Waals surface area (Å²) in [4.78, 5) is 4.20. The van der Waals surface area contributed by atoms with Crippen molar-refractivity contribution in [2.45, 2.75) is 24.9 Å². The highest BCUT2D eigenvalue weighted by molar-refractivity contribution is 7.89. The van der Waals surface area contributed by atoms with E-state index in [9.17, 15) is 8.42 Å². The van der Waals surface area contributed by atoms with E-state index >= 15 is 0 Å². The molecule has 6 heteroatoms. The van der Waals surface area contributed by atoms with Gasteiger partial charge in [-0.2, -0.15) is 4.31 Å². The highest BCUT2D eigenvalue weighted by Crippen LogP contribution is 2.19. The Balaban J connectivity index is 2.28. The number of hydrogen-bond acceptors (Lipinski definition) is 4. The van der Waals surface area contributed by atoms with E-state index in [-0.39, 0.29) is 11.4 Å². The zero-order valence-electron chi connectivity index (χ0n) is 12.2. The van der Waals surface area contributed by atoms with Crippen LogP contribution in [-0.2, 0) is 23.1 Å². The van der Waals surface area contributed by atoms with Crippen LogP contribution in [0, 0.1) is 6.92 Å². The number of benzene rings is 1. The maximum atomic E-state index is 12.6. The first-order valence-electron chi connectivity index (χ1n) is 6.61. The van der Waals surface area contributed by atoms with Crippen LogP contribution in [0.3, 0.4) is 0 Å². The van der Waals surface area contributed by atoms with Crippen LogP contribution >= 0.6 is 0 Å². The average Bonchev–Trinajstić information content (AvgIpc) is 2.49. The molecule has 2 rings (SSSR count). The van der Waals surface area contributed by atoms with Gasteiger partial charge in [-0.05, 0) is 24.6 Å². The maximum Gasteiger partial charge on any atom is 0.244 e. The molecule has 1 heterocycles. The van der Waals surface area contributed by atoms with Crippen LogP contribution in [0.2, 0.25) is 0 Å². The second-order valence-electron chi connectivity index (χ2n) is 4.90. The molecular formula is C15H19N3O2S. The predicted octanol–water partition coefficient (Wildman–Crippen LogP) is 1.67. The van der Waals surface area contributed by atoms with Gasteiger partial charge in [-0.3, -0.25) is 4.98 Å². The first-order valence-corrected chi connectivity index (χ1v) is 8.05. The summed E-state index contributed by atoms with van der Waals surface area (Å²) < 4.78 is 26.5. The lowest BCUT2D eigenvalue weighted by atomic mass is 10.1. The van der Waals surface area contributed by atoms with Gasteiger partial charge < -0.3 is 5.73 Å². The number of pyridine rings is 1. The van der Waals surface area contributed by atoms with Gasteiger partial charge in [-0.15, -0.1) is 0 Å². The van der Waals surface area contributed by atoms with Crippen LogP contribution < -0.4 is 5.73 Å². The second-order valence-corrected chi connectivity index (χ2v) is 6.91. The Kier molecular flexibility index (Phi) is 4.72. The van der Waals surface area contributed by atoms with E-state index in [0.717, 1.165) is 11.1 Å². The van der Waals surface area contributed by atoms with Gasteiger partial charge in [0.2, 0.25) is 10.0 Å². The molecule has 0 aliphatic carbocycles. The van der Waals surface area contributed by atoms with Gasteiger partial charge in [0.15, 0.2) is 0 Å². The standard InChI is InChI=1S/C15H19N3O2S/c1-12-5-7-13(8-6-12)11-18(2)21(19,20)15-4-3-9-17-14(15)10-16/h3-9H,10-11,16H2,1-2H3. The Bertz CT molecular complexity index is 712. The quantitative estimate of drug-likeness (QED) is 0.911. The molecule has 21 heavy (non-hydrogen) atoms. The van der Waals surface area contributed by atoms with Crippen molar-refractivity contribution in [3.05, 3.63) is 59.4 Å². The number of sulfonamides is 1. The molecule has 0 aliphatic rings. The molecule has 0 amide bonds. The summed E-state index contributed by atoms with van der Waals surface area (Å²) in [5.74, 6) is 0. The topological polar surface area (TPSA) is 76.3 Å². The van der Waals surface area contributed by atoms with Gasteiger partial charge in [0.25, 0.3) is 0 Å². The Morgan fingerprint density at radius 1 is 1.19 bits per heavy atom. The lowest BCUT2D eigenvalue weighted by molar-refractivity contribution is 0.465. The maximum absolute atomic E-state index is 12.6. The molecule has 0 fully saturated rings. The molecule has 112 valence electrons. The Hall–Kier alpha value is -1.76. The van der Waals surface area contributed by atoms with E-state index in [1.807, 2.05) is 31.2 Å². The number of hydrogen-bond donors (Lipinski definition) is 1. The van der Waals surface area contributed by atoms with Gasteiger partial charge in [-0.25, -0.2) is 8.42 Å². The molecule has 0 atom stereocenters. The van der Waals surface area contributed by atoms with Crippen LogP contribution in [0.4, 0.5) is 0 Å². The molecule has 0 radical (unpaired) electrons. The molecular weight excluding hydrogens is 286 g/mol. The van der Waals surface area contributed by atoms with Crippen LogP contribution in [-0.4, -0.2) is 24.8 Å². The molecule has 5 nitrogen and oxygen atoms in total. The molecule has 1 aromatic heterocycles. The van der Waals surface area contributed by atoms with Gasteiger partial charge >= 0.3 is 0 Å². The van der Waals surface area contributed by atoms with E-state index in [0.29, 0.717) is 12.2 Å². The minimum Gasteiger partial charge on any atom is -0.325 e. The van der Waals surface area contributed by atoms with E-state index in [4.69, 9.17) is 5.73 Å². The molecule has 0 saturated carbocycles. The molecule has 0 saturated heterocycles. The van der Waals surface area contributed by atoms with E-state index < -0.39 is 10.0 Å². The number of rotatable bonds is 5. The summed E-state index contributed by atoms with van der Waals surface area (Å²) in [5, 5.41) is 0. The monoisotopic (exact) mass is 305 g/mol. The summed E-state index contributed by atoms with van der Waals surface area (Å²) in [6.45, 7) is 2.39. The molecule has 2 N–H and O–H groups in total. The lowest BCUT2D eigenvalue weighted by Gasteiger charge is -2.18. The lowest BCUT2D eigenvalue weighted by Crippen LogP contribution is -2.28. The summed E-state index contributed by atoms with van der Waals surface area (Å²) in [7, 11) is -2.04. The molecule has 0 unspecified atom stereocenters. The summed E-state index contributed by atoms with van der Waals surface area (Å²) in [5.41, 5.74) is 8.03. The first kappa shape index (κ1) is 15.6. The van der Waals surface area contributed by atoms with E-state index in [1.54, 1.807) is 19.3 Å². The zero-order chi connectivity index (χ0) is 15.5. The fraction of sp³-hybridized carbons (Fsp3) is 0.267. The number of aryl methyl sites for hydroxylation is 1. The third-order valence-corrected chi connectivity index (χ3v) is 5.13. The SMILES string of the molecule is Cc1ccc(CN(C)S(=O)(=O)c2cccnc2CN)cc1. The van der Waals surface area contributed by atoms with Gasteiger partial charge in [0, 0.05) is 26.3 Å². The van der Waals surface area contributed by atoms with Crippen molar-refractivity contribution in [1.29, 1.82) is 0 Å². The molecule has 0 spiro atoms. The molecule has 0 bridgehead atoms. The zero-order valence-corrected chi connectivity index (χ0v) is 13.0. The molecule has 0 aliphatic heterocycles. The minimum absolute atomic E-state index is 0.0910. The van der Waals surface area contributed by atoms with Crippen molar-refractivity contribution >= 4 is 10.0 Å². The third kappa shape index (κ3) is 3.47. The highest BCUT2D eigenvalue weighted by atomic mass is 32.2. The number of nitrogens with two attached hydrogens (primary N) is 1. The van der Waals surface area contributed by atoms with Crippen molar-refractivity contribution in [3.8, 4) is 0 Å². The van der Waals surface area contributed by atoms with Gasteiger partial charge in [0.05, 0.1) is 5.69 Å². The van der Waals surface area contributed by atoms with Crippen molar-refractivity contribution < 1.29 is 8.42 Å². The van der Waals surface area contributed by atoms with Gasteiger partial charge in [0.1, 0.15) is 4.90 Å². The van der Waals surface area contributed by atoms with Gasteiger partial charge in [-0.1, -0.05) is 29.8 Å². The fourth-order valence-corrected chi connectivity index (χ4v) is 3.35. The number of nitrogens with zero attached hydrogens (tertiary/aromatic N) is 2. The van der Waals surface area contributed by atoms with Crippen LogP contribution in [0.15, 0.2) is 47.5 Å². The Labute approximate surface area is 125 Å². The normalized spacial score (nSPS) is 11.8. The second kappa shape index (κ2) is 6.34. The van der Waals surface area contributed by atoms with Crippen molar-refractivity contribution in [3.63, 3.8) is 0 Å².